The highest BCUT2D eigenvalue weighted by Gasteiger charge is 2.57. The van der Waals surface area contributed by atoms with Gasteiger partial charge in [0.15, 0.2) is 0 Å². The van der Waals surface area contributed by atoms with E-state index in [1.54, 1.807) is 7.05 Å². The van der Waals surface area contributed by atoms with Gasteiger partial charge in [0.2, 0.25) is 11.8 Å². The number of benzene rings is 3. The van der Waals surface area contributed by atoms with Crippen molar-refractivity contribution in [2.45, 2.75) is 37.9 Å². The second kappa shape index (κ2) is 11.9. The second-order valence-electron chi connectivity index (χ2n) is 11.4. The Morgan fingerprint density at radius 3 is 1.76 bits per heavy atom. The highest BCUT2D eigenvalue weighted by molar-refractivity contribution is 5.89. The molecule has 7 nitrogen and oxygen atoms in total. The molecule has 214 valence electrons. The Hall–Kier alpha value is -3.97. The van der Waals surface area contributed by atoms with Crippen LogP contribution in [0.25, 0.3) is 0 Å². The number of ether oxygens (including phenoxy) is 1. The van der Waals surface area contributed by atoms with Crippen molar-refractivity contribution in [3.63, 3.8) is 0 Å². The molecule has 0 N–H and O–H groups in total. The fraction of sp³-hybridized carbons (Fsp3) is 0.382. The van der Waals surface area contributed by atoms with Gasteiger partial charge in [-0.15, -0.1) is 0 Å². The molecule has 0 saturated carbocycles. The molecule has 0 aromatic heterocycles. The Bertz CT molecular complexity index is 1270. The molecule has 2 aliphatic rings. The van der Waals surface area contributed by atoms with Crippen molar-refractivity contribution in [2.75, 3.05) is 33.8 Å². The second-order valence-corrected chi connectivity index (χ2v) is 11.4. The van der Waals surface area contributed by atoms with Gasteiger partial charge in [-0.1, -0.05) is 105 Å². The molecule has 2 amide bonds. The zero-order valence-electron chi connectivity index (χ0n) is 24.3. The summed E-state index contributed by atoms with van der Waals surface area (Å²) >= 11 is 0. The lowest BCUT2D eigenvalue weighted by Crippen LogP contribution is -2.49. The third-order valence-electron chi connectivity index (χ3n) is 8.59. The Kier molecular flexibility index (Phi) is 8.27. The fourth-order valence-electron chi connectivity index (χ4n) is 6.55. The van der Waals surface area contributed by atoms with Crippen molar-refractivity contribution in [1.29, 1.82) is 0 Å². The fourth-order valence-corrected chi connectivity index (χ4v) is 6.55. The van der Waals surface area contributed by atoms with Crippen LogP contribution in [0.5, 0.6) is 0 Å². The van der Waals surface area contributed by atoms with Gasteiger partial charge in [0.05, 0.1) is 18.6 Å². The molecule has 2 unspecified atom stereocenters. The van der Waals surface area contributed by atoms with Crippen LogP contribution in [0.2, 0.25) is 0 Å². The first-order valence-corrected chi connectivity index (χ1v) is 14.4. The number of esters is 1. The predicted molar refractivity (Wildman–Crippen MR) is 158 cm³/mol. The van der Waals surface area contributed by atoms with Crippen LogP contribution in [0.1, 0.15) is 37.0 Å². The van der Waals surface area contributed by atoms with Gasteiger partial charge in [-0.05, 0) is 29.0 Å². The van der Waals surface area contributed by atoms with E-state index in [-0.39, 0.29) is 29.7 Å². The summed E-state index contributed by atoms with van der Waals surface area (Å²) in [6.45, 7) is 5.29. The van der Waals surface area contributed by atoms with E-state index in [1.807, 2.05) is 73.3 Å². The van der Waals surface area contributed by atoms with Crippen LogP contribution in [0, 0.1) is 11.8 Å². The number of hydrogen-bond donors (Lipinski definition) is 0. The van der Waals surface area contributed by atoms with Gasteiger partial charge in [0.1, 0.15) is 12.1 Å². The predicted octanol–water partition coefficient (Wildman–Crippen LogP) is 4.17. The number of carbonyl (C=O) groups is 3. The summed E-state index contributed by atoms with van der Waals surface area (Å²) in [5.41, 5.74) is 2.67. The lowest BCUT2D eigenvalue weighted by Gasteiger charge is -2.38. The zero-order chi connectivity index (χ0) is 29.1. The van der Waals surface area contributed by atoms with E-state index >= 15 is 0 Å². The molecule has 7 heteroatoms. The lowest BCUT2D eigenvalue weighted by molar-refractivity contribution is -0.155. The number of nitrogens with zero attached hydrogens (tertiary/aromatic N) is 3. The van der Waals surface area contributed by atoms with E-state index in [4.69, 9.17) is 4.74 Å². The maximum Gasteiger partial charge on any atom is 0.328 e. The summed E-state index contributed by atoms with van der Waals surface area (Å²) in [4.78, 5) is 45.4. The van der Waals surface area contributed by atoms with Gasteiger partial charge >= 0.3 is 5.97 Å². The van der Waals surface area contributed by atoms with Crippen molar-refractivity contribution in [3.05, 3.63) is 108 Å². The third kappa shape index (κ3) is 5.26. The standard InChI is InChI=1S/C34H39N3O4/c1-24(2)30(33(40)41-4)35(3)31(38)25-20-21-36(22-25)32(39)29-23-37(29)34(26-14-8-5-9-15-26,27-16-10-6-11-17-27)28-18-12-7-13-19-28/h5-19,24-25,29-30H,20-23H2,1-4H3/t25-,29?,30?,37+/m0/s1. The Balaban J connectivity index is 1.40. The van der Waals surface area contributed by atoms with Gasteiger partial charge in [-0.25, -0.2) is 4.79 Å². The summed E-state index contributed by atoms with van der Waals surface area (Å²) in [5.74, 6) is -0.927. The normalized spacial score (nSPS) is 20.9. The van der Waals surface area contributed by atoms with Crippen molar-refractivity contribution < 1.29 is 19.1 Å². The molecule has 4 atom stereocenters. The molecule has 3 aromatic rings. The number of carbonyl (C=O) groups excluding carboxylic acids is 3. The van der Waals surface area contributed by atoms with Gasteiger partial charge in [-0.2, -0.15) is 0 Å². The molecular weight excluding hydrogens is 514 g/mol. The largest absolute Gasteiger partial charge is 0.467 e. The molecule has 2 saturated heterocycles. The number of likely N-dealkylation sites (N-methyl/N-ethyl adjacent to an activating group) is 1. The Morgan fingerprint density at radius 1 is 0.829 bits per heavy atom. The van der Waals surface area contributed by atoms with Crippen LogP contribution in [-0.2, 0) is 24.7 Å². The molecule has 2 aliphatic heterocycles. The monoisotopic (exact) mass is 553 g/mol. The Labute approximate surface area is 242 Å². The van der Waals surface area contributed by atoms with Crippen LogP contribution >= 0.6 is 0 Å². The molecule has 2 fully saturated rings. The van der Waals surface area contributed by atoms with Crippen LogP contribution in [0.3, 0.4) is 0 Å². The maximum absolute atomic E-state index is 14.0. The van der Waals surface area contributed by atoms with E-state index < -0.39 is 17.6 Å². The van der Waals surface area contributed by atoms with Gasteiger partial charge < -0.3 is 14.5 Å². The molecule has 3 aromatic carbocycles. The smallest absolute Gasteiger partial charge is 0.328 e. The molecule has 2 heterocycles. The van der Waals surface area contributed by atoms with Crippen LogP contribution in [0.15, 0.2) is 91.0 Å². The summed E-state index contributed by atoms with van der Waals surface area (Å²) in [6, 6.07) is 30.1. The number of methoxy groups -OCH3 is 1. The summed E-state index contributed by atoms with van der Waals surface area (Å²) in [5, 5.41) is 0. The van der Waals surface area contributed by atoms with E-state index in [0.29, 0.717) is 26.1 Å². The number of likely N-dealkylation sites (tertiary alicyclic amines) is 1. The number of amides is 2. The molecule has 0 spiro atoms. The summed E-state index contributed by atoms with van der Waals surface area (Å²) in [7, 11) is 3.00. The van der Waals surface area contributed by atoms with Crippen LogP contribution in [0.4, 0.5) is 0 Å². The minimum Gasteiger partial charge on any atom is -0.467 e. The number of hydrogen-bond acceptors (Lipinski definition) is 5. The Morgan fingerprint density at radius 2 is 1.32 bits per heavy atom. The number of rotatable bonds is 9. The molecule has 5 rings (SSSR count). The molecule has 41 heavy (non-hydrogen) atoms. The van der Waals surface area contributed by atoms with Gasteiger partial charge in [0.25, 0.3) is 0 Å². The topological polar surface area (TPSA) is 69.9 Å². The molecular formula is C34H39N3O4. The molecule has 0 radical (unpaired) electrons. The molecule has 0 bridgehead atoms. The summed E-state index contributed by atoms with van der Waals surface area (Å²) < 4.78 is 4.96. The van der Waals surface area contributed by atoms with Gasteiger partial charge in [0, 0.05) is 26.7 Å². The van der Waals surface area contributed by atoms with Crippen molar-refractivity contribution in [3.8, 4) is 0 Å². The first-order chi connectivity index (χ1) is 19.8. The highest BCUT2D eigenvalue weighted by atomic mass is 16.5. The SMILES string of the molecule is COC(=O)C(C(C)C)N(C)C(=O)[C@H]1CCN(C(=O)C2C[N@@]2C(c2ccccc2)(c2ccccc2)c2ccccc2)C1. The van der Waals surface area contributed by atoms with E-state index in [2.05, 4.69) is 41.3 Å². The average molecular weight is 554 g/mol. The van der Waals surface area contributed by atoms with E-state index in [9.17, 15) is 14.4 Å². The zero-order valence-corrected chi connectivity index (χ0v) is 24.3. The third-order valence-corrected chi connectivity index (χ3v) is 8.59. The van der Waals surface area contributed by atoms with E-state index in [1.165, 1.54) is 12.0 Å². The highest BCUT2D eigenvalue weighted by Crippen LogP contribution is 2.48. The first kappa shape index (κ1) is 28.6. The van der Waals surface area contributed by atoms with Crippen molar-refractivity contribution in [2.24, 2.45) is 11.8 Å². The average Bonchev–Trinajstić information content (AvgIpc) is 3.64. The minimum atomic E-state index is -0.653. The van der Waals surface area contributed by atoms with Gasteiger partial charge in [-0.3, -0.25) is 14.5 Å². The summed E-state index contributed by atoms with van der Waals surface area (Å²) in [6.07, 6.45) is 0.578. The minimum absolute atomic E-state index is 0.0449. The van der Waals surface area contributed by atoms with Crippen LogP contribution in [-0.4, -0.2) is 78.4 Å². The maximum atomic E-state index is 14.0. The van der Waals surface area contributed by atoms with Crippen molar-refractivity contribution >= 4 is 17.8 Å². The van der Waals surface area contributed by atoms with E-state index in [0.717, 1.165) is 16.7 Å². The first-order valence-electron chi connectivity index (χ1n) is 14.4. The lowest BCUT2D eigenvalue weighted by atomic mass is 9.76. The quantitative estimate of drug-likeness (QED) is 0.226. The van der Waals surface area contributed by atoms with Crippen molar-refractivity contribution in [1.82, 2.24) is 14.7 Å². The molecule has 0 aliphatic carbocycles. The van der Waals surface area contributed by atoms with Crippen LogP contribution < -0.4 is 0 Å².